The van der Waals surface area contributed by atoms with Gasteiger partial charge in [-0.25, -0.2) is 4.39 Å². The highest BCUT2D eigenvalue weighted by Gasteiger charge is 2.04. The minimum absolute atomic E-state index is 0.183. The second kappa shape index (κ2) is 7.64. The minimum atomic E-state index is -0.183. The average molecular weight is 244 g/mol. The van der Waals surface area contributed by atoms with E-state index in [1.54, 1.807) is 0 Å². The first-order valence-electron chi connectivity index (χ1n) is 5.77. The quantitative estimate of drug-likeness (QED) is 0.722. The number of hydrogen-bond acceptors (Lipinski definition) is 1. The van der Waals surface area contributed by atoms with Crippen molar-refractivity contribution in [3.8, 4) is 0 Å². The number of halogens is 2. The Labute approximate surface area is 102 Å². The first-order chi connectivity index (χ1) is 7.76. The molecule has 1 nitrogen and oxygen atoms in total. The van der Waals surface area contributed by atoms with Gasteiger partial charge in [0.05, 0.1) is 0 Å². The molecule has 1 unspecified atom stereocenters. The van der Waals surface area contributed by atoms with E-state index in [1.807, 2.05) is 12.1 Å². The summed E-state index contributed by atoms with van der Waals surface area (Å²) in [4.78, 5) is 0. The van der Waals surface area contributed by atoms with E-state index in [4.69, 9.17) is 11.6 Å². The lowest BCUT2D eigenvalue weighted by molar-refractivity contribution is 0.451. The number of alkyl halides is 1. The van der Waals surface area contributed by atoms with Crippen LogP contribution in [-0.2, 0) is 6.54 Å². The third kappa shape index (κ3) is 4.95. The van der Waals surface area contributed by atoms with Crippen molar-refractivity contribution in [2.75, 3.05) is 12.4 Å². The van der Waals surface area contributed by atoms with E-state index in [0.29, 0.717) is 5.92 Å². The van der Waals surface area contributed by atoms with E-state index in [0.717, 1.165) is 37.4 Å². The van der Waals surface area contributed by atoms with Crippen LogP contribution >= 0.6 is 11.6 Å². The van der Waals surface area contributed by atoms with Crippen molar-refractivity contribution in [3.05, 3.63) is 35.6 Å². The summed E-state index contributed by atoms with van der Waals surface area (Å²) < 4.78 is 12.7. The van der Waals surface area contributed by atoms with Crippen LogP contribution in [0.5, 0.6) is 0 Å². The zero-order valence-electron chi connectivity index (χ0n) is 9.68. The predicted octanol–water partition coefficient (Wildman–Crippen LogP) is 3.57. The molecule has 1 aromatic rings. The normalized spacial score (nSPS) is 12.7. The molecule has 1 rings (SSSR count). The van der Waals surface area contributed by atoms with Gasteiger partial charge in [-0.3, -0.25) is 0 Å². The highest BCUT2D eigenvalue weighted by molar-refractivity contribution is 6.17. The maximum absolute atomic E-state index is 12.7. The van der Waals surface area contributed by atoms with Crippen molar-refractivity contribution in [1.29, 1.82) is 0 Å². The van der Waals surface area contributed by atoms with Gasteiger partial charge in [-0.1, -0.05) is 25.5 Å². The van der Waals surface area contributed by atoms with Gasteiger partial charge in [-0.05, 0) is 36.6 Å². The van der Waals surface area contributed by atoms with Crippen LogP contribution in [0.1, 0.15) is 25.3 Å². The smallest absolute Gasteiger partial charge is 0.123 e. The van der Waals surface area contributed by atoms with Crippen LogP contribution in [0.3, 0.4) is 0 Å². The number of nitrogens with one attached hydrogen (secondary N) is 1. The van der Waals surface area contributed by atoms with Crippen LogP contribution in [0.4, 0.5) is 4.39 Å². The molecule has 0 radical (unpaired) electrons. The predicted molar refractivity (Wildman–Crippen MR) is 67.2 cm³/mol. The number of hydrogen-bond donors (Lipinski definition) is 1. The lowest BCUT2D eigenvalue weighted by Crippen LogP contribution is -2.22. The molecule has 3 heteroatoms. The summed E-state index contributed by atoms with van der Waals surface area (Å²) in [5, 5.41) is 3.38. The molecule has 0 aromatic heterocycles. The fourth-order valence-corrected chi connectivity index (χ4v) is 1.94. The highest BCUT2D eigenvalue weighted by Crippen LogP contribution is 2.08. The Kier molecular flexibility index (Phi) is 6.43. The maximum Gasteiger partial charge on any atom is 0.123 e. The zero-order chi connectivity index (χ0) is 11.8. The summed E-state index contributed by atoms with van der Waals surface area (Å²) in [6.07, 6.45) is 2.19. The molecule has 0 aliphatic rings. The standard InChI is InChI=1S/C13H19ClFN/c1-2-11(7-8-14)9-16-10-12-3-5-13(15)6-4-12/h3-6,11,16H,2,7-10H2,1H3. The highest BCUT2D eigenvalue weighted by atomic mass is 35.5. The molecule has 1 N–H and O–H groups in total. The van der Waals surface area contributed by atoms with E-state index in [9.17, 15) is 4.39 Å². The molecule has 0 bridgehead atoms. The summed E-state index contributed by atoms with van der Waals surface area (Å²) in [6.45, 7) is 3.94. The zero-order valence-corrected chi connectivity index (χ0v) is 10.4. The molecule has 0 saturated carbocycles. The van der Waals surface area contributed by atoms with E-state index >= 15 is 0 Å². The molecular weight excluding hydrogens is 225 g/mol. The summed E-state index contributed by atoms with van der Waals surface area (Å²) in [7, 11) is 0. The maximum atomic E-state index is 12.7. The molecule has 0 saturated heterocycles. The second-order valence-corrected chi connectivity index (χ2v) is 4.39. The number of benzene rings is 1. The lowest BCUT2D eigenvalue weighted by Gasteiger charge is -2.14. The van der Waals surface area contributed by atoms with Crippen LogP contribution in [-0.4, -0.2) is 12.4 Å². The molecule has 0 aliphatic carbocycles. The van der Waals surface area contributed by atoms with Crippen LogP contribution < -0.4 is 5.32 Å². The van der Waals surface area contributed by atoms with Gasteiger partial charge in [0.25, 0.3) is 0 Å². The van der Waals surface area contributed by atoms with E-state index in [2.05, 4.69) is 12.2 Å². The monoisotopic (exact) mass is 243 g/mol. The van der Waals surface area contributed by atoms with Gasteiger partial charge in [0.1, 0.15) is 5.82 Å². The third-order valence-corrected chi connectivity index (χ3v) is 2.99. The second-order valence-electron chi connectivity index (χ2n) is 4.01. The van der Waals surface area contributed by atoms with Crippen LogP contribution in [0.15, 0.2) is 24.3 Å². The van der Waals surface area contributed by atoms with Crippen LogP contribution in [0.25, 0.3) is 0 Å². The van der Waals surface area contributed by atoms with Crippen LogP contribution in [0, 0.1) is 11.7 Å². The van der Waals surface area contributed by atoms with Gasteiger partial charge >= 0.3 is 0 Å². The Balaban J connectivity index is 2.26. The van der Waals surface area contributed by atoms with Crippen molar-refractivity contribution in [2.24, 2.45) is 5.92 Å². The first kappa shape index (κ1) is 13.5. The van der Waals surface area contributed by atoms with Crippen LogP contribution in [0.2, 0.25) is 0 Å². The fraction of sp³-hybridized carbons (Fsp3) is 0.538. The van der Waals surface area contributed by atoms with Gasteiger partial charge < -0.3 is 5.32 Å². The number of rotatable bonds is 7. The Bertz CT molecular complexity index is 286. The van der Waals surface area contributed by atoms with Crippen molar-refractivity contribution in [1.82, 2.24) is 5.32 Å². The fourth-order valence-electron chi connectivity index (χ4n) is 1.63. The SMILES string of the molecule is CCC(CCCl)CNCc1ccc(F)cc1. The molecule has 0 aliphatic heterocycles. The Morgan fingerprint density at radius 3 is 2.56 bits per heavy atom. The van der Waals surface area contributed by atoms with Gasteiger partial charge in [-0.15, -0.1) is 11.6 Å². The van der Waals surface area contributed by atoms with E-state index < -0.39 is 0 Å². The molecule has 90 valence electrons. The molecule has 0 heterocycles. The van der Waals surface area contributed by atoms with E-state index in [-0.39, 0.29) is 5.82 Å². The molecule has 1 atom stereocenters. The van der Waals surface area contributed by atoms with Gasteiger partial charge in [0.15, 0.2) is 0 Å². The Morgan fingerprint density at radius 2 is 2.00 bits per heavy atom. The van der Waals surface area contributed by atoms with E-state index in [1.165, 1.54) is 12.1 Å². The Hall–Kier alpha value is -0.600. The topological polar surface area (TPSA) is 12.0 Å². The lowest BCUT2D eigenvalue weighted by atomic mass is 10.0. The third-order valence-electron chi connectivity index (χ3n) is 2.77. The molecule has 16 heavy (non-hydrogen) atoms. The van der Waals surface area contributed by atoms with Crippen molar-refractivity contribution in [2.45, 2.75) is 26.3 Å². The molecular formula is C13H19ClFN. The summed E-state index contributed by atoms with van der Waals surface area (Å²) in [6, 6.07) is 6.61. The summed E-state index contributed by atoms with van der Waals surface area (Å²) in [5.41, 5.74) is 1.11. The average Bonchev–Trinajstić information content (AvgIpc) is 2.30. The molecule has 1 aromatic carbocycles. The first-order valence-corrected chi connectivity index (χ1v) is 6.30. The molecule has 0 fully saturated rings. The van der Waals surface area contributed by atoms with Crippen molar-refractivity contribution >= 4 is 11.6 Å². The van der Waals surface area contributed by atoms with Gasteiger partial charge in [0.2, 0.25) is 0 Å². The molecule has 0 spiro atoms. The minimum Gasteiger partial charge on any atom is -0.312 e. The summed E-state index contributed by atoms with van der Waals surface area (Å²) >= 11 is 5.72. The largest absolute Gasteiger partial charge is 0.312 e. The van der Waals surface area contributed by atoms with Crippen molar-refractivity contribution in [3.63, 3.8) is 0 Å². The summed E-state index contributed by atoms with van der Waals surface area (Å²) in [5.74, 6) is 1.17. The Morgan fingerprint density at radius 1 is 1.31 bits per heavy atom. The van der Waals surface area contributed by atoms with Crippen molar-refractivity contribution < 1.29 is 4.39 Å². The molecule has 0 amide bonds. The van der Waals surface area contributed by atoms with Gasteiger partial charge in [-0.2, -0.15) is 0 Å². The van der Waals surface area contributed by atoms with Gasteiger partial charge in [0, 0.05) is 12.4 Å².